The lowest BCUT2D eigenvalue weighted by Crippen LogP contribution is -2.51. The number of hydrogen-bond acceptors (Lipinski definition) is 5. The molecule has 35 heavy (non-hydrogen) atoms. The highest BCUT2D eigenvalue weighted by molar-refractivity contribution is 6.30. The van der Waals surface area contributed by atoms with Crippen molar-refractivity contribution in [2.75, 3.05) is 19.8 Å². The summed E-state index contributed by atoms with van der Waals surface area (Å²) in [5.74, 6) is 0.557. The third-order valence-corrected chi connectivity index (χ3v) is 6.62. The van der Waals surface area contributed by atoms with Crippen LogP contribution in [0.2, 0.25) is 5.02 Å². The van der Waals surface area contributed by atoms with Crippen molar-refractivity contribution in [3.05, 3.63) is 57.9 Å². The monoisotopic (exact) mass is 511 g/mol. The van der Waals surface area contributed by atoms with Gasteiger partial charge in [-0.25, -0.2) is 4.98 Å². The molecule has 2 aromatic heterocycles. The Kier molecular flexibility index (Phi) is 7.07. The Morgan fingerprint density at radius 1 is 1.20 bits per heavy atom. The van der Waals surface area contributed by atoms with Crippen LogP contribution in [0.1, 0.15) is 42.8 Å². The number of halogens is 4. The van der Waals surface area contributed by atoms with Gasteiger partial charge in [-0.1, -0.05) is 25.4 Å². The molecule has 1 aliphatic rings. The van der Waals surface area contributed by atoms with Crippen molar-refractivity contribution in [1.29, 1.82) is 0 Å². The maximum absolute atomic E-state index is 14.3. The van der Waals surface area contributed by atoms with E-state index in [1.165, 1.54) is 6.07 Å². The number of hydrogen-bond donors (Lipinski definition) is 4. The molecule has 3 aromatic rings. The van der Waals surface area contributed by atoms with E-state index in [9.17, 15) is 18.3 Å². The summed E-state index contributed by atoms with van der Waals surface area (Å²) in [6.45, 7) is 4.59. The highest BCUT2D eigenvalue weighted by Gasteiger charge is 2.56. The first-order chi connectivity index (χ1) is 16.4. The van der Waals surface area contributed by atoms with Crippen LogP contribution >= 0.6 is 11.6 Å². The Balaban J connectivity index is 1.62. The van der Waals surface area contributed by atoms with Crippen molar-refractivity contribution in [2.24, 2.45) is 0 Å². The summed E-state index contributed by atoms with van der Waals surface area (Å²) in [6.07, 6.45) is -5.48. The normalized spacial score (nSPS) is 15.8. The molecule has 1 aliphatic heterocycles. The molecule has 4 rings (SSSR count). The lowest BCUT2D eigenvalue weighted by Gasteiger charge is -2.38. The fraction of sp³-hybridized carbons (Fsp3) is 0.480. The lowest BCUT2D eigenvalue weighted by atomic mass is 9.73. The largest absolute Gasteiger partial charge is 0.493 e. The van der Waals surface area contributed by atoms with Crippen LogP contribution in [-0.4, -0.2) is 51.7 Å². The van der Waals surface area contributed by atoms with E-state index >= 15 is 0 Å². The summed E-state index contributed by atoms with van der Waals surface area (Å²) in [5.41, 5.74) is -0.657. The zero-order valence-electron chi connectivity index (χ0n) is 19.6. The van der Waals surface area contributed by atoms with E-state index in [-0.39, 0.29) is 12.3 Å². The summed E-state index contributed by atoms with van der Waals surface area (Å²) in [5, 5.41) is 23.4. The number of fused-ring (bicyclic) bond motifs is 2. The van der Waals surface area contributed by atoms with Crippen molar-refractivity contribution in [1.82, 2.24) is 15.3 Å². The molecule has 0 fully saturated rings. The Morgan fingerprint density at radius 3 is 2.69 bits per heavy atom. The van der Waals surface area contributed by atoms with Crippen molar-refractivity contribution in [3.63, 3.8) is 0 Å². The molecule has 4 N–H and O–H groups in total. The summed E-state index contributed by atoms with van der Waals surface area (Å²) >= 11 is 6.25. The minimum atomic E-state index is -4.88. The van der Waals surface area contributed by atoms with Crippen molar-refractivity contribution in [2.45, 2.75) is 56.8 Å². The fourth-order valence-corrected chi connectivity index (χ4v) is 5.01. The third-order valence-electron chi connectivity index (χ3n) is 6.41. The highest BCUT2D eigenvalue weighted by atomic mass is 35.5. The van der Waals surface area contributed by atoms with E-state index in [2.05, 4.69) is 15.3 Å². The van der Waals surface area contributed by atoms with E-state index in [1.54, 1.807) is 38.1 Å². The van der Waals surface area contributed by atoms with Crippen LogP contribution in [0.4, 0.5) is 13.2 Å². The van der Waals surface area contributed by atoms with Gasteiger partial charge in [0.25, 0.3) is 0 Å². The first-order valence-electron chi connectivity index (χ1n) is 11.5. The second kappa shape index (κ2) is 9.61. The van der Waals surface area contributed by atoms with E-state index in [1.807, 2.05) is 0 Å². The molecule has 0 saturated carbocycles. The molecule has 1 aromatic carbocycles. The summed E-state index contributed by atoms with van der Waals surface area (Å²) < 4.78 is 48.7. The summed E-state index contributed by atoms with van der Waals surface area (Å²) in [7, 11) is 0. The molecule has 0 bridgehead atoms. The zero-order valence-corrected chi connectivity index (χ0v) is 20.4. The first kappa shape index (κ1) is 25.8. The molecule has 1 unspecified atom stereocenters. The number of benzene rings is 1. The number of aromatic nitrogens is 2. The van der Waals surface area contributed by atoms with Gasteiger partial charge in [-0.15, -0.1) is 0 Å². The molecule has 0 radical (unpaired) electrons. The lowest BCUT2D eigenvalue weighted by molar-refractivity contribution is -0.266. The molecular weight excluding hydrogens is 483 g/mol. The van der Waals surface area contributed by atoms with Gasteiger partial charge in [-0.3, -0.25) is 0 Å². The minimum absolute atomic E-state index is 0.00691. The molecule has 0 spiro atoms. The number of aromatic amines is 1. The molecule has 190 valence electrons. The number of nitrogens with one attached hydrogen (secondary N) is 2. The van der Waals surface area contributed by atoms with Crippen molar-refractivity contribution >= 4 is 22.6 Å². The molecule has 6 nitrogen and oxygen atoms in total. The Bertz CT molecular complexity index is 1210. The van der Waals surface area contributed by atoms with Crippen LogP contribution in [0.15, 0.2) is 30.3 Å². The van der Waals surface area contributed by atoms with Gasteiger partial charge in [0.2, 0.25) is 0 Å². The SMILES string of the molecule is CC(C)(CC(O)(Cc1cc2nc(CNCCO)ccc2[nH]1)C(F)(F)F)c1cc(Cl)cc2c1OCC2. The van der Waals surface area contributed by atoms with Crippen LogP contribution in [0, 0.1) is 0 Å². The standard InChI is InChI=1S/C25H29ClF3N3O3/c1-23(2,19-10-16(26)9-15-5-8-35-22(15)19)14-24(34,25(27,28)29)12-18-11-21-20(32-18)4-3-17(31-21)13-30-6-7-33/h3-4,9-11,30,32-34H,5-8,12-14H2,1-2H3. The second-order valence-corrected chi connectivity index (χ2v) is 10.2. The minimum Gasteiger partial charge on any atom is -0.493 e. The van der Waals surface area contributed by atoms with Crippen LogP contribution in [0.3, 0.4) is 0 Å². The van der Waals surface area contributed by atoms with Crippen LogP contribution < -0.4 is 10.1 Å². The number of aliphatic hydroxyl groups is 2. The summed E-state index contributed by atoms with van der Waals surface area (Å²) in [6, 6.07) is 8.43. The van der Waals surface area contributed by atoms with Crippen LogP contribution in [0.25, 0.3) is 11.0 Å². The second-order valence-electron chi connectivity index (χ2n) is 9.74. The molecule has 10 heteroatoms. The fourth-order valence-electron chi connectivity index (χ4n) is 4.77. The van der Waals surface area contributed by atoms with Gasteiger partial charge in [0.15, 0.2) is 5.60 Å². The Morgan fingerprint density at radius 2 is 1.97 bits per heavy atom. The Hall–Kier alpha value is -2.33. The van der Waals surface area contributed by atoms with Gasteiger partial charge in [0, 0.05) is 42.2 Å². The third kappa shape index (κ3) is 5.43. The van der Waals surface area contributed by atoms with Crippen molar-refractivity contribution < 1.29 is 28.1 Å². The maximum atomic E-state index is 14.3. The highest BCUT2D eigenvalue weighted by Crippen LogP contribution is 2.47. The predicted molar refractivity (Wildman–Crippen MR) is 128 cm³/mol. The molecule has 1 atom stereocenters. The van der Waals surface area contributed by atoms with Gasteiger partial charge >= 0.3 is 6.18 Å². The topological polar surface area (TPSA) is 90.4 Å². The number of ether oxygens (including phenoxy) is 1. The number of pyridine rings is 1. The van der Waals surface area contributed by atoms with Gasteiger partial charge in [0.05, 0.1) is 29.9 Å². The molecular formula is C25H29ClF3N3O3. The smallest absolute Gasteiger partial charge is 0.417 e. The van der Waals surface area contributed by atoms with Crippen molar-refractivity contribution in [3.8, 4) is 5.75 Å². The van der Waals surface area contributed by atoms with E-state index < -0.39 is 30.0 Å². The number of rotatable bonds is 9. The Labute approximate surface area is 206 Å². The molecule has 0 saturated heterocycles. The van der Waals surface area contributed by atoms with Gasteiger partial charge in [-0.2, -0.15) is 13.2 Å². The van der Waals surface area contributed by atoms with Crippen LogP contribution in [0.5, 0.6) is 5.75 Å². The number of nitrogens with zero attached hydrogens (tertiary/aromatic N) is 1. The van der Waals surface area contributed by atoms with E-state index in [0.717, 1.165) is 5.56 Å². The van der Waals surface area contributed by atoms with E-state index in [0.29, 0.717) is 59.2 Å². The number of alkyl halides is 3. The predicted octanol–water partition coefficient (Wildman–Crippen LogP) is 4.44. The summed E-state index contributed by atoms with van der Waals surface area (Å²) in [4.78, 5) is 7.43. The average molecular weight is 512 g/mol. The number of aliphatic hydroxyl groups excluding tert-OH is 1. The van der Waals surface area contributed by atoms with Gasteiger partial charge < -0.3 is 25.3 Å². The first-order valence-corrected chi connectivity index (χ1v) is 11.8. The van der Waals surface area contributed by atoms with Crippen LogP contribution in [-0.2, 0) is 24.8 Å². The van der Waals surface area contributed by atoms with Gasteiger partial charge in [-0.05, 0) is 47.7 Å². The molecule has 0 aliphatic carbocycles. The molecule has 0 amide bonds. The number of H-pyrrole nitrogens is 1. The van der Waals surface area contributed by atoms with Gasteiger partial charge in [0.1, 0.15) is 5.75 Å². The molecule has 3 heterocycles. The zero-order chi connectivity index (χ0) is 25.4. The average Bonchev–Trinajstić information content (AvgIpc) is 3.37. The maximum Gasteiger partial charge on any atom is 0.417 e. The van der Waals surface area contributed by atoms with E-state index in [4.69, 9.17) is 21.4 Å². The quantitative estimate of drug-likeness (QED) is 0.319.